The fourth-order valence-corrected chi connectivity index (χ4v) is 5.77. The Balaban J connectivity index is 1.61. The van der Waals surface area contributed by atoms with Gasteiger partial charge in [0.15, 0.2) is 11.5 Å². The molecule has 4 aromatic rings. The molecule has 0 saturated carbocycles. The van der Waals surface area contributed by atoms with E-state index >= 15 is 0 Å². The number of H-pyrrole nitrogens is 1. The number of nitrogens with one attached hydrogen (secondary N) is 1. The predicted octanol–water partition coefficient (Wildman–Crippen LogP) is 4.34. The van der Waals surface area contributed by atoms with Crippen molar-refractivity contribution in [2.45, 2.75) is 38.2 Å². The van der Waals surface area contributed by atoms with Crippen LogP contribution in [0.4, 0.5) is 0 Å². The van der Waals surface area contributed by atoms with Gasteiger partial charge < -0.3 is 23.7 Å². The monoisotopic (exact) mass is 600 g/mol. The number of aromatic nitrogens is 2. The molecule has 1 fully saturated rings. The third kappa shape index (κ3) is 6.04. The van der Waals surface area contributed by atoms with Gasteiger partial charge in [-0.05, 0) is 24.1 Å². The number of ether oxygens (including phenoxy) is 5. The third-order valence-corrected chi connectivity index (χ3v) is 7.93. The summed E-state index contributed by atoms with van der Waals surface area (Å²) < 4.78 is 31.9. The van der Waals surface area contributed by atoms with E-state index in [1.165, 1.54) is 17.7 Å². The maximum atomic E-state index is 12.7. The topological polar surface area (TPSA) is 118 Å². The Morgan fingerprint density at radius 3 is 2.18 bits per heavy atom. The summed E-state index contributed by atoms with van der Waals surface area (Å²) in [6.45, 7) is 3.10. The molecule has 0 bridgehead atoms. The molecule has 1 N–H and O–H groups in total. The molecule has 0 radical (unpaired) electrons. The molecule has 10 nitrogen and oxygen atoms in total. The third-order valence-electron chi connectivity index (χ3n) is 7.93. The number of methoxy groups -OCH3 is 2. The van der Waals surface area contributed by atoms with Crippen LogP contribution in [0.15, 0.2) is 94.6 Å². The van der Waals surface area contributed by atoms with E-state index < -0.39 is 35.2 Å². The van der Waals surface area contributed by atoms with Crippen LogP contribution < -0.4 is 20.7 Å². The van der Waals surface area contributed by atoms with Crippen molar-refractivity contribution in [3.63, 3.8) is 0 Å². The highest BCUT2D eigenvalue weighted by atomic mass is 16.6. The second-order valence-corrected chi connectivity index (χ2v) is 10.7. The normalized spacial score (nSPS) is 18.1. The van der Waals surface area contributed by atoms with Crippen LogP contribution in [0.1, 0.15) is 41.8 Å². The molecule has 1 saturated heterocycles. The van der Waals surface area contributed by atoms with E-state index in [9.17, 15) is 14.4 Å². The Bertz CT molecular complexity index is 1660. The highest BCUT2D eigenvalue weighted by Gasteiger charge is 2.44. The molecule has 1 aliphatic heterocycles. The molecule has 1 aliphatic rings. The maximum absolute atomic E-state index is 12.7. The smallest absolute Gasteiger partial charge is 0.330 e. The van der Waals surface area contributed by atoms with Gasteiger partial charge in [0.2, 0.25) is 0 Å². The first-order valence-electron chi connectivity index (χ1n) is 14.4. The van der Waals surface area contributed by atoms with Gasteiger partial charge in [-0.15, -0.1) is 0 Å². The summed E-state index contributed by atoms with van der Waals surface area (Å²) in [5, 5.41) is 0. The van der Waals surface area contributed by atoms with Gasteiger partial charge in [-0.25, -0.2) is 4.79 Å². The molecule has 3 atom stereocenters. The molecule has 44 heavy (non-hydrogen) atoms. The van der Waals surface area contributed by atoms with Gasteiger partial charge in [-0.1, -0.05) is 72.8 Å². The zero-order valence-corrected chi connectivity index (χ0v) is 25.1. The zero-order chi connectivity index (χ0) is 31.3. The number of aryl methyl sites for hydroxylation is 1. The van der Waals surface area contributed by atoms with Crippen molar-refractivity contribution >= 4 is 5.97 Å². The van der Waals surface area contributed by atoms with Crippen molar-refractivity contribution in [3.05, 3.63) is 128 Å². The largest absolute Gasteiger partial charge is 0.493 e. The van der Waals surface area contributed by atoms with E-state index in [1.807, 2.05) is 78.9 Å². The van der Waals surface area contributed by atoms with E-state index in [2.05, 4.69) is 4.98 Å². The Hall–Kier alpha value is -4.67. The van der Waals surface area contributed by atoms with Crippen LogP contribution in [0, 0.1) is 12.8 Å². The van der Waals surface area contributed by atoms with E-state index in [1.54, 1.807) is 21.1 Å². The Labute approximate surface area is 255 Å². The minimum Gasteiger partial charge on any atom is -0.493 e. The van der Waals surface area contributed by atoms with Crippen molar-refractivity contribution in [2.24, 2.45) is 5.92 Å². The minimum absolute atomic E-state index is 0.0592. The second-order valence-electron chi connectivity index (χ2n) is 10.7. The van der Waals surface area contributed by atoms with Crippen LogP contribution in [0.3, 0.4) is 0 Å². The van der Waals surface area contributed by atoms with Gasteiger partial charge in [-0.3, -0.25) is 19.1 Å². The van der Waals surface area contributed by atoms with Gasteiger partial charge in [-0.2, -0.15) is 0 Å². The molecule has 230 valence electrons. The van der Waals surface area contributed by atoms with E-state index in [4.69, 9.17) is 23.7 Å². The fourth-order valence-electron chi connectivity index (χ4n) is 5.77. The molecule has 0 unspecified atom stereocenters. The first kappa shape index (κ1) is 30.8. The summed E-state index contributed by atoms with van der Waals surface area (Å²) in [5.41, 5.74) is 0.566. The Kier molecular flexibility index (Phi) is 9.32. The van der Waals surface area contributed by atoms with Crippen LogP contribution in [0.5, 0.6) is 11.5 Å². The Morgan fingerprint density at radius 1 is 0.932 bits per heavy atom. The number of para-hydroxylation sites is 1. The van der Waals surface area contributed by atoms with Crippen molar-refractivity contribution in [2.75, 3.05) is 27.4 Å². The summed E-state index contributed by atoms with van der Waals surface area (Å²) in [4.78, 5) is 38.9. The molecule has 10 heteroatoms. The summed E-state index contributed by atoms with van der Waals surface area (Å²) >= 11 is 0. The van der Waals surface area contributed by atoms with Crippen LogP contribution >= 0.6 is 0 Å². The molecule has 0 amide bonds. The van der Waals surface area contributed by atoms with Gasteiger partial charge >= 0.3 is 11.7 Å². The van der Waals surface area contributed by atoms with E-state index in [0.717, 1.165) is 16.7 Å². The van der Waals surface area contributed by atoms with Crippen LogP contribution in [0.2, 0.25) is 0 Å². The number of benzene rings is 3. The van der Waals surface area contributed by atoms with E-state index in [-0.39, 0.29) is 19.1 Å². The second kappa shape index (κ2) is 13.3. The maximum Gasteiger partial charge on any atom is 0.330 e. The molecule has 5 rings (SSSR count). The molecular weight excluding hydrogens is 564 g/mol. The van der Waals surface area contributed by atoms with Gasteiger partial charge in [0.1, 0.15) is 11.8 Å². The highest BCUT2D eigenvalue weighted by molar-refractivity contribution is 5.65. The van der Waals surface area contributed by atoms with Crippen molar-refractivity contribution in [3.8, 4) is 11.5 Å². The van der Waals surface area contributed by atoms with Crippen LogP contribution in [0.25, 0.3) is 0 Å². The molecule has 0 aliphatic carbocycles. The Morgan fingerprint density at radius 2 is 1.59 bits per heavy atom. The molecule has 3 aromatic carbocycles. The van der Waals surface area contributed by atoms with Crippen LogP contribution in [-0.2, 0) is 24.6 Å². The lowest BCUT2D eigenvalue weighted by atomic mass is 9.79. The van der Waals surface area contributed by atoms with Crippen molar-refractivity contribution < 1.29 is 28.5 Å². The fraction of sp³-hybridized carbons (Fsp3) is 0.324. The summed E-state index contributed by atoms with van der Waals surface area (Å²) in [7, 11) is 3.17. The average Bonchev–Trinajstić information content (AvgIpc) is 3.45. The SMILES string of the molecule is COc1cccc(C(OC[C@H]2O[C@@H](n3cc(C)c(=O)[nH]c3=O)C[C@@H]2COC(C)=O)(c2ccccc2)c2ccccc2)c1OC. The summed E-state index contributed by atoms with van der Waals surface area (Å²) in [5.74, 6) is 0.330. The quantitative estimate of drug-likeness (QED) is 0.200. The predicted molar refractivity (Wildman–Crippen MR) is 163 cm³/mol. The van der Waals surface area contributed by atoms with E-state index in [0.29, 0.717) is 23.5 Å². The minimum atomic E-state index is -1.18. The number of carbonyl (C=O) groups is 1. The first-order chi connectivity index (χ1) is 21.3. The average molecular weight is 601 g/mol. The zero-order valence-electron chi connectivity index (χ0n) is 25.1. The number of hydrogen-bond acceptors (Lipinski definition) is 8. The lowest BCUT2D eigenvalue weighted by Crippen LogP contribution is -2.38. The molecule has 2 heterocycles. The lowest BCUT2D eigenvalue weighted by Gasteiger charge is -2.38. The highest BCUT2D eigenvalue weighted by Crippen LogP contribution is 2.48. The van der Waals surface area contributed by atoms with Crippen LogP contribution in [-0.4, -0.2) is 49.1 Å². The number of aromatic amines is 1. The standard InChI is InChI=1S/C34H36N2O8/c1-22-19-36(33(39)35-32(22)38)30-18-24(20-42-23(2)37)29(44-30)21-43-34(25-12-7-5-8-13-25,26-14-9-6-10-15-26)27-16-11-17-28(40-3)31(27)41-4/h5-17,19,24,29-30H,18,20-21H2,1-4H3,(H,35,38,39)/t24-,29-,30-/m1/s1. The first-order valence-corrected chi connectivity index (χ1v) is 14.4. The van der Waals surface area contributed by atoms with Crippen molar-refractivity contribution in [1.82, 2.24) is 9.55 Å². The lowest BCUT2D eigenvalue weighted by molar-refractivity contribution is -0.144. The number of hydrogen-bond donors (Lipinski definition) is 1. The van der Waals surface area contributed by atoms with Gasteiger partial charge in [0, 0.05) is 36.6 Å². The van der Waals surface area contributed by atoms with Gasteiger partial charge in [0.25, 0.3) is 5.56 Å². The summed E-state index contributed by atoms with van der Waals surface area (Å²) in [6, 6.07) is 25.3. The molecule has 1 aromatic heterocycles. The number of carbonyl (C=O) groups excluding carboxylic acids is 1. The molecule has 0 spiro atoms. The number of nitrogens with zero attached hydrogens (tertiary/aromatic N) is 1. The summed E-state index contributed by atoms with van der Waals surface area (Å²) in [6.07, 6.45) is 0.555. The number of esters is 1. The van der Waals surface area contributed by atoms with Gasteiger partial charge in [0.05, 0.1) is 33.5 Å². The van der Waals surface area contributed by atoms with Crippen molar-refractivity contribution in [1.29, 1.82) is 0 Å². The molecular formula is C34H36N2O8. The number of rotatable bonds is 11.